The zero-order valence-corrected chi connectivity index (χ0v) is 11.4. The second-order valence-corrected chi connectivity index (χ2v) is 4.86. The number of hydrogen-bond acceptors (Lipinski definition) is 0. The molecule has 96 valence electrons. The lowest BCUT2D eigenvalue weighted by Gasteiger charge is -2.10. The quantitative estimate of drug-likeness (QED) is 0.666. The zero-order valence-electron chi connectivity index (χ0n) is 10.6. The number of hydrogen-bond donors (Lipinski definition) is 0. The van der Waals surface area contributed by atoms with Crippen molar-refractivity contribution in [3.8, 4) is 0 Å². The molecule has 1 aliphatic rings. The van der Waals surface area contributed by atoms with Crippen molar-refractivity contribution in [3.63, 3.8) is 0 Å². The van der Waals surface area contributed by atoms with E-state index in [4.69, 9.17) is 11.6 Å². The van der Waals surface area contributed by atoms with Gasteiger partial charge in [-0.3, -0.25) is 0 Å². The van der Waals surface area contributed by atoms with Crippen molar-refractivity contribution in [2.75, 3.05) is 0 Å². The van der Waals surface area contributed by atoms with Crippen LogP contribution in [0.2, 0.25) is 5.02 Å². The van der Waals surface area contributed by atoms with Crippen molar-refractivity contribution >= 4 is 11.6 Å². The summed E-state index contributed by atoms with van der Waals surface area (Å²) in [5, 5.41) is 0.350. The molecule has 0 spiro atoms. The molecule has 0 unspecified atom stereocenters. The first-order valence-corrected chi connectivity index (χ1v) is 6.53. The third-order valence-electron chi connectivity index (χ3n) is 2.69. The third-order valence-corrected chi connectivity index (χ3v) is 3.00. The first-order valence-electron chi connectivity index (χ1n) is 6.15. The van der Waals surface area contributed by atoms with Gasteiger partial charge in [-0.25, -0.2) is 8.78 Å². The maximum atomic E-state index is 13.7. The highest BCUT2D eigenvalue weighted by atomic mass is 35.5. The molecule has 3 heteroatoms. The minimum atomic E-state index is -1.36. The van der Waals surface area contributed by atoms with Crippen LogP contribution in [0.5, 0.6) is 0 Å². The number of benzene rings is 1. The van der Waals surface area contributed by atoms with E-state index in [9.17, 15) is 8.78 Å². The second-order valence-electron chi connectivity index (χ2n) is 4.45. The summed E-state index contributed by atoms with van der Waals surface area (Å²) >= 11 is 5.90. The molecule has 17 heavy (non-hydrogen) atoms. The van der Waals surface area contributed by atoms with E-state index >= 15 is 0 Å². The molecule has 0 aliphatic heterocycles. The Bertz CT molecular complexity index is 384. The van der Waals surface area contributed by atoms with E-state index < -0.39 is 5.67 Å². The van der Waals surface area contributed by atoms with Gasteiger partial charge < -0.3 is 0 Å². The Hall–Kier alpha value is -0.630. The van der Waals surface area contributed by atoms with Crippen molar-refractivity contribution < 1.29 is 8.78 Å². The molecule has 0 saturated heterocycles. The predicted octanol–water partition coefficient (Wildman–Crippen LogP) is 5.42. The minimum Gasteiger partial charge on any atom is -0.239 e. The van der Waals surface area contributed by atoms with Crippen LogP contribution in [0.1, 0.15) is 51.2 Å². The van der Waals surface area contributed by atoms with Crippen molar-refractivity contribution in [2.24, 2.45) is 0 Å². The molecule has 0 heterocycles. The minimum absolute atomic E-state index is 0.314. The molecule has 1 fully saturated rings. The molecule has 0 atom stereocenters. The smallest absolute Gasteiger partial charge is 0.137 e. The largest absolute Gasteiger partial charge is 0.239 e. The Kier molecular flexibility index (Phi) is 4.93. The summed E-state index contributed by atoms with van der Waals surface area (Å²) in [7, 11) is 0. The zero-order chi connectivity index (χ0) is 13.1. The van der Waals surface area contributed by atoms with E-state index in [1.54, 1.807) is 0 Å². The van der Waals surface area contributed by atoms with Crippen LogP contribution in [-0.4, -0.2) is 0 Å². The first-order chi connectivity index (χ1) is 7.98. The standard InChI is InChI=1S/C11H11ClF2.C3H8/c1-2-7-5-9(12)8(6-10(7)13)11(14)3-4-11;1-3-2/h5-6H,2-4H2,1H3;3H2,1-2H3. The lowest BCUT2D eigenvalue weighted by atomic mass is 10.0. The summed E-state index contributed by atoms with van der Waals surface area (Å²) in [6.07, 6.45) is 2.74. The molecule has 0 amide bonds. The normalized spacial score (nSPS) is 16.1. The van der Waals surface area contributed by atoms with Crippen LogP contribution in [0.25, 0.3) is 0 Å². The van der Waals surface area contributed by atoms with Crippen LogP contribution < -0.4 is 0 Å². The summed E-state index contributed by atoms with van der Waals surface area (Å²) in [5.74, 6) is -0.351. The maximum Gasteiger partial charge on any atom is 0.137 e. The highest BCUT2D eigenvalue weighted by molar-refractivity contribution is 6.31. The van der Waals surface area contributed by atoms with Crippen molar-refractivity contribution in [2.45, 2.75) is 52.1 Å². The van der Waals surface area contributed by atoms with Crippen LogP contribution in [0.15, 0.2) is 12.1 Å². The van der Waals surface area contributed by atoms with Gasteiger partial charge in [-0.1, -0.05) is 38.8 Å². The summed E-state index contributed by atoms with van der Waals surface area (Å²) in [4.78, 5) is 0. The maximum absolute atomic E-state index is 13.7. The van der Waals surface area contributed by atoms with Crippen LogP contribution >= 0.6 is 11.6 Å². The Morgan fingerprint density at radius 1 is 1.24 bits per heavy atom. The Morgan fingerprint density at radius 3 is 2.18 bits per heavy atom. The fraction of sp³-hybridized carbons (Fsp3) is 0.571. The monoisotopic (exact) mass is 260 g/mol. The topological polar surface area (TPSA) is 0 Å². The molecule has 0 N–H and O–H groups in total. The van der Waals surface area contributed by atoms with Gasteiger partial charge in [-0.05, 0) is 37.0 Å². The van der Waals surface area contributed by atoms with E-state index in [0.29, 0.717) is 35.4 Å². The predicted molar refractivity (Wildman–Crippen MR) is 68.8 cm³/mol. The summed E-state index contributed by atoms with van der Waals surface area (Å²) in [5.41, 5.74) is -0.499. The van der Waals surface area contributed by atoms with Crippen molar-refractivity contribution in [1.29, 1.82) is 0 Å². The molecular weight excluding hydrogens is 242 g/mol. The van der Waals surface area contributed by atoms with Crippen LogP contribution in [-0.2, 0) is 12.1 Å². The van der Waals surface area contributed by atoms with E-state index in [-0.39, 0.29) is 5.82 Å². The van der Waals surface area contributed by atoms with Crippen LogP contribution in [0, 0.1) is 5.82 Å². The van der Waals surface area contributed by atoms with Gasteiger partial charge in [-0.2, -0.15) is 0 Å². The van der Waals surface area contributed by atoms with Gasteiger partial charge in [0.2, 0.25) is 0 Å². The average Bonchev–Trinajstić information content (AvgIpc) is 3.01. The summed E-state index contributed by atoms with van der Waals surface area (Å²) in [6, 6.07) is 2.78. The molecule has 0 bridgehead atoms. The highest BCUT2D eigenvalue weighted by Gasteiger charge is 2.46. The number of alkyl halides is 1. The Labute approximate surface area is 107 Å². The lowest BCUT2D eigenvalue weighted by molar-refractivity contribution is 0.316. The molecule has 1 aliphatic carbocycles. The molecule has 2 rings (SSSR count). The number of rotatable bonds is 2. The highest BCUT2D eigenvalue weighted by Crippen LogP contribution is 2.52. The number of aryl methyl sites for hydroxylation is 1. The van der Waals surface area contributed by atoms with Gasteiger partial charge in [-0.15, -0.1) is 0 Å². The molecular formula is C14H19ClF2. The van der Waals surface area contributed by atoms with Gasteiger partial charge >= 0.3 is 0 Å². The van der Waals surface area contributed by atoms with Gasteiger partial charge in [0, 0.05) is 10.6 Å². The third kappa shape index (κ3) is 3.41. The SMILES string of the molecule is CCC.CCc1cc(Cl)c(C2(F)CC2)cc1F. The molecule has 0 aromatic heterocycles. The van der Waals surface area contributed by atoms with Gasteiger partial charge in [0.15, 0.2) is 0 Å². The number of halogens is 3. The van der Waals surface area contributed by atoms with Gasteiger partial charge in [0.25, 0.3) is 0 Å². The van der Waals surface area contributed by atoms with Crippen LogP contribution in [0.3, 0.4) is 0 Å². The van der Waals surface area contributed by atoms with Gasteiger partial charge in [0.05, 0.1) is 0 Å². The van der Waals surface area contributed by atoms with E-state index in [1.807, 2.05) is 6.92 Å². The summed E-state index contributed by atoms with van der Waals surface area (Å²) < 4.78 is 27.0. The van der Waals surface area contributed by atoms with E-state index in [0.717, 1.165) is 0 Å². The van der Waals surface area contributed by atoms with Crippen molar-refractivity contribution in [1.82, 2.24) is 0 Å². The first kappa shape index (κ1) is 14.4. The van der Waals surface area contributed by atoms with Crippen molar-refractivity contribution in [3.05, 3.63) is 34.1 Å². The lowest BCUT2D eigenvalue weighted by Crippen LogP contribution is -2.01. The summed E-state index contributed by atoms with van der Waals surface area (Å²) in [6.45, 7) is 6.09. The molecule has 0 radical (unpaired) electrons. The average molecular weight is 261 g/mol. The molecule has 1 aromatic carbocycles. The second kappa shape index (κ2) is 5.81. The molecule has 0 nitrogen and oxygen atoms in total. The molecule has 1 aromatic rings. The Balaban J connectivity index is 0.000000437. The van der Waals surface area contributed by atoms with E-state index in [1.165, 1.54) is 18.6 Å². The fourth-order valence-corrected chi connectivity index (χ4v) is 1.94. The molecule has 1 saturated carbocycles. The Morgan fingerprint density at radius 2 is 1.76 bits per heavy atom. The fourth-order valence-electron chi connectivity index (χ4n) is 1.58. The van der Waals surface area contributed by atoms with E-state index in [2.05, 4.69) is 13.8 Å². The van der Waals surface area contributed by atoms with Crippen LogP contribution in [0.4, 0.5) is 8.78 Å². The van der Waals surface area contributed by atoms with Gasteiger partial charge in [0.1, 0.15) is 11.5 Å².